The van der Waals surface area contributed by atoms with Crippen molar-refractivity contribution < 1.29 is 14.2 Å². The molecule has 92 valence electrons. The summed E-state index contributed by atoms with van der Waals surface area (Å²) in [6, 6.07) is 0.679. The Morgan fingerprint density at radius 3 is 2.50 bits per heavy atom. The van der Waals surface area contributed by atoms with E-state index in [1.807, 2.05) is 0 Å². The van der Waals surface area contributed by atoms with E-state index < -0.39 is 0 Å². The first-order chi connectivity index (χ1) is 7.88. The maximum Gasteiger partial charge on any atom is 0.181 e. The van der Waals surface area contributed by atoms with Gasteiger partial charge in [0, 0.05) is 25.7 Å². The van der Waals surface area contributed by atoms with Gasteiger partial charge >= 0.3 is 0 Å². The van der Waals surface area contributed by atoms with Crippen molar-refractivity contribution in [2.75, 3.05) is 39.5 Å². The highest BCUT2D eigenvalue weighted by molar-refractivity contribution is 4.87. The highest BCUT2D eigenvalue weighted by atomic mass is 16.7. The van der Waals surface area contributed by atoms with Gasteiger partial charge in [0.25, 0.3) is 0 Å². The third-order valence-electron chi connectivity index (χ3n) is 3.97. The van der Waals surface area contributed by atoms with Gasteiger partial charge in [-0.25, -0.2) is 0 Å². The monoisotopic (exact) mass is 227 g/mol. The second-order valence-corrected chi connectivity index (χ2v) is 5.03. The Hall–Kier alpha value is -0.160. The molecule has 3 fully saturated rings. The molecule has 0 aromatic carbocycles. The maximum absolute atomic E-state index is 5.81. The molecule has 0 radical (unpaired) electrons. The van der Waals surface area contributed by atoms with Crippen molar-refractivity contribution >= 4 is 0 Å². The zero-order valence-corrected chi connectivity index (χ0v) is 9.82. The number of ether oxygens (including phenoxy) is 3. The van der Waals surface area contributed by atoms with Crippen molar-refractivity contribution in [1.82, 2.24) is 4.90 Å². The molecule has 0 saturated carbocycles. The third kappa shape index (κ3) is 2.12. The Kier molecular flexibility index (Phi) is 3.16. The van der Waals surface area contributed by atoms with Gasteiger partial charge in [-0.3, -0.25) is 4.90 Å². The lowest BCUT2D eigenvalue weighted by molar-refractivity contribution is -0.196. The molecule has 0 bridgehead atoms. The number of hydrogen-bond acceptors (Lipinski definition) is 4. The summed E-state index contributed by atoms with van der Waals surface area (Å²) in [6.07, 6.45) is 4.58. The number of piperidine rings is 1. The number of rotatable bonds is 1. The molecule has 3 aliphatic heterocycles. The molecule has 0 atom stereocenters. The van der Waals surface area contributed by atoms with E-state index in [0.29, 0.717) is 6.04 Å². The van der Waals surface area contributed by atoms with Gasteiger partial charge in [-0.15, -0.1) is 0 Å². The molecule has 1 spiro atoms. The normalized spacial score (nSPS) is 32.2. The fourth-order valence-corrected chi connectivity index (χ4v) is 3.11. The minimum Gasteiger partial charge on any atom is -0.381 e. The standard InChI is InChI=1S/C12H21NO3/c1-4-12(15-8-9-16-12)10-13(5-1)11-2-6-14-7-3-11/h11H,1-10H2. The molecule has 3 heterocycles. The fourth-order valence-electron chi connectivity index (χ4n) is 3.11. The maximum atomic E-state index is 5.81. The minimum atomic E-state index is -0.267. The molecule has 0 amide bonds. The Labute approximate surface area is 96.8 Å². The molecular weight excluding hydrogens is 206 g/mol. The highest BCUT2D eigenvalue weighted by Gasteiger charge is 2.42. The van der Waals surface area contributed by atoms with Gasteiger partial charge in [-0.05, 0) is 25.8 Å². The van der Waals surface area contributed by atoms with E-state index in [9.17, 15) is 0 Å². The second-order valence-electron chi connectivity index (χ2n) is 5.03. The molecule has 3 aliphatic rings. The molecule has 0 unspecified atom stereocenters. The summed E-state index contributed by atoms with van der Waals surface area (Å²) in [6.45, 7) is 5.51. The van der Waals surface area contributed by atoms with Crippen LogP contribution in [-0.4, -0.2) is 56.2 Å². The third-order valence-corrected chi connectivity index (χ3v) is 3.97. The van der Waals surface area contributed by atoms with Crippen molar-refractivity contribution in [3.05, 3.63) is 0 Å². The van der Waals surface area contributed by atoms with Crippen LogP contribution in [0.25, 0.3) is 0 Å². The number of likely N-dealkylation sites (tertiary alicyclic amines) is 1. The Balaban J connectivity index is 1.62. The Morgan fingerprint density at radius 2 is 1.75 bits per heavy atom. The van der Waals surface area contributed by atoms with Crippen molar-refractivity contribution in [2.24, 2.45) is 0 Å². The van der Waals surface area contributed by atoms with Crippen LogP contribution in [0.5, 0.6) is 0 Å². The van der Waals surface area contributed by atoms with Crippen LogP contribution in [0.2, 0.25) is 0 Å². The molecule has 3 saturated heterocycles. The van der Waals surface area contributed by atoms with Gasteiger partial charge in [-0.1, -0.05) is 0 Å². The van der Waals surface area contributed by atoms with Crippen molar-refractivity contribution in [2.45, 2.75) is 37.5 Å². The first kappa shape index (κ1) is 11.0. The summed E-state index contributed by atoms with van der Waals surface area (Å²) in [4.78, 5) is 2.55. The zero-order chi connectivity index (χ0) is 10.8. The first-order valence-corrected chi connectivity index (χ1v) is 6.48. The Morgan fingerprint density at radius 1 is 1.00 bits per heavy atom. The topological polar surface area (TPSA) is 30.9 Å². The van der Waals surface area contributed by atoms with Crippen LogP contribution in [0.1, 0.15) is 25.7 Å². The fraction of sp³-hybridized carbons (Fsp3) is 1.00. The zero-order valence-electron chi connectivity index (χ0n) is 9.82. The average Bonchev–Trinajstić information content (AvgIpc) is 2.78. The first-order valence-electron chi connectivity index (χ1n) is 6.48. The van der Waals surface area contributed by atoms with Gasteiger partial charge in [0.2, 0.25) is 0 Å². The number of nitrogens with zero attached hydrogens (tertiary/aromatic N) is 1. The van der Waals surface area contributed by atoms with E-state index in [2.05, 4.69) is 4.90 Å². The predicted octanol–water partition coefficient (Wildman–Crippen LogP) is 1.00. The molecule has 0 aromatic heterocycles. The lowest BCUT2D eigenvalue weighted by atomic mass is 9.99. The lowest BCUT2D eigenvalue weighted by Gasteiger charge is -2.43. The molecule has 16 heavy (non-hydrogen) atoms. The van der Waals surface area contributed by atoms with E-state index in [-0.39, 0.29) is 5.79 Å². The van der Waals surface area contributed by atoms with Gasteiger partial charge in [-0.2, -0.15) is 0 Å². The largest absolute Gasteiger partial charge is 0.381 e. The molecule has 0 aromatic rings. The molecule has 3 rings (SSSR count). The summed E-state index contributed by atoms with van der Waals surface area (Å²) in [5, 5.41) is 0. The minimum absolute atomic E-state index is 0.267. The number of hydrogen-bond donors (Lipinski definition) is 0. The van der Waals surface area contributed by atoms with E-state index in [1.165, 1.54) is 13.0 Å². The summed E-state index contributed by atoms with van der Waals surface area (Å²) in [7, 11) is 0. The predicted molar refractivity (Wildman–Crippen MR) is 59.3 cm³/mol. The molecule has 4 nitrogen and oxygen atoms in total. The van der Waals surface area contributed by atoms with Crippen LogP contribution in [0.15, 0.2) is 0 Å². The van der Waals surface area contributed by atoms with Crippen LogP contribution in [0.3, 0.4) is 0 Å². The summed E-state index contributed by atoms with van der Waals surface area (Å²) in [5.74, 6) is -0.267. The van der Waals surface area contributed by atoms with Crippen molar-refractivity contribution in [3.63, 3.8) is 0 Å². The summed E-state index contributed by atoms with van der Waals surface area (Å²) < 4.78 is 17.0. The van der Waals surface area contributed by atoms with Crippen LogP contribution in [0.4, 0.5) is 0 Å². The van der Waals surface area contributed by atoms with Gasteiger partial charge in [0.05, 0.1) is 19.8 Å². The molecule has 0 N–H and O–H groups in total. The summed E-state index contributed by atoms with van der Waals surface area (Å²) in [5.41, 5.74) is 0. The van der Waals surface area contributed by atoms with E-state index in [4.69, 9.17) is 14.2 Å². The average molecular weight is 227 g/mol. The molecular formula is C12H21NO3. The van der Waals surface area contributed by atoms with Crippen LogP contribution >= 0.6 is 0 Å². The highest BCUT2D eigenvalue weighted by Crippen LogP contribution is 2.32. The van der Waals surface area contributed by atoms with Crippen LogP contribution in [0, 0.1) is 0 Å². The van der Waals surface area contributed by atoms with E-state index in [0.717, 1.165) is 52.2 Å². The van der Waals surface area contributed by atoms with Crippen LogP contribution < -0.4 is 0 Å². The van der Waals surface area contributed by atoms with Crippen molar-refractivity contribution in [3.8, 4) is 0 Å². The van der Waals surface area contributed by atoms with Gasteiger partial charge < -0.3 is 14.2 Å². The second kappa shape index (κ2) is 4.61. The van der Waals surface area contributed by atoms with Gasteiger partial charge in [0.1, 0.15) is 0 Å². The van der Waals surface area contributed by atoms with Crippen LogP contribution in [-0.2, 0) is 14.2 Å². The van der Waals surface area contributed by atoms with Crippen molar-refractivity contribution in [1.29, 1.82) is 0 Å². The van der Waals surface area contributed by atoms with E-state index >= 15 is 0 Å². The SMILES string of the molecule is C1CN(C2CCOCC2)CC2(C1)OCCO2. The lowest BCUT2D eigenvalue weighted by Crippen LogP contribution is -2.53. The Bertz CT molecular complexity index is 234. The summed E-state index contributed by atoms with van der Waals surface area (Å²) >= 11 is 0. The molecule has 4 heteroatoms. The quantitative estimate of drug-likeness (QED) is 0.669. The van der Waals surface area contributed by atoms with E-state index in [1.54, 1.807) is 0 Å². The molecule has 0 aliphatic carbocycles. The smallest absolute Gasteiger partial charge is 0.181 e. The van der Waals surface area contributed by atoms with Gasteiger partial charge in [0.15, 0.2) is 5.79 Å².